The molecule has 0 aliphatic heterocycles. The third-order valence-corrected chi connectivity index (χ3v) is 4.14. The standard InChI is InChI=1S/C17H16F3N3O3/c1-8-4-10(17(18,19)20)6-12(25)13(8)15-21-14-11(23(15)2)5-9(7-24)16(22-14)26-3/h4-6,24-25H,7H2,1-3H3. The van der Waals surface area contributed by atoms with Crippen molar-refractivity contribution in [3.05, 3.63) is 34.9 Å². The van der Waals surface area contributed by atoms with E-state index in [-0.39, 0.29) is 35.1 Å². The molecule has 26 heavy (non-hydrogen) atoms. The molecular weight excluding hydrogens is 351 g/mol. The molecule has 9 heteroatoms. The fraction of sp³-hybridized carbons (Fsp3) is 0.294. The predicted molar refractivity (Wildman–Crippen MR) is 87.8 cm³/mol. The number of phenolic OH excluding ortho intramolecular Hbond substituents is 1. The van der Waals surface area contributed by atoms with E-state index in [0.29, 0.717) is 17.1 Å². The molecule has 0 unspecified atom stereocenters. The fourth-order valence-corrected chi connectivity index (χ4v) is 2.87. The molecule has 0 aliphatic rings. The number of hydrogen-bond acceptors (Lipinski definition) is 5. The summed E-state index contributed by atoms with van der Waals surface area (Å²) in [4.78, 5) is 8.54. The summed E-state index contributed by atoms with van der Waals surface area (Å²) in [7, 11) is 3.06. The van der Waals surface area contributed by atoms with Gasteiger partial charge in [0.05, 0.1) is 30.4 Å². The van der Waals surface area contributed by atoms with Gasteiger partial charge in [-0.2, -0.15) is 18.2 Å². The number of halogens is 3. The number of ether oxygens (including phenoxy) is 1. The lowest BCUT2D eigenvalue weighted by Crippen LogP contribution is -2.06. The minimum atomic E-state index is -4.56. The Kier molecular flexibility index (Phi) is 4.27. The van der Waals surface area contributed by atoms with Crippen molar-refractivity contribution in [1.82, 2.24) is 14.5 Å². The number of aromatic nitrogens is 3. The van der Waals surface area contributed by atoms with Crippen LogP contribution in [-0.4, -0.2) is 31.9 Å². The van der Waals surface area contributed by atoms with Gasteiger partial charge >= 0.3 is 6.18 Å². The molecule has 3 rings (SSSR count). The van der Waals surface area contributed by atoms with Crippen LogP contribution >= 0.6 is 0 Å². The molecule has 0 radical (unpaired) electrons. The predicted octanol–water partition coefficient (Wildman–Crippen LogP) is 3.17. The van der Waals surface area contributed by atoms with Crippen LogP contribution in [0.5, 0.6) is 11.6 Å². The quantitative estimate of drug-likeness (QED) is 0.743. The highest BCUT2D eigenvalue weighted by Gasteiger charge is 2.32. The third-order valence-electron chi connectivity index (χ3n) is 4.14. The van der Waals surface area contributed by atoms with Crippen LogP contribution < -0.4 is 4.74 Å². The lowest BCUT2D eigenvalue weighted by molar-refractivity contribution is -0.137. The molecule has 138 valence electrons. The molecule has 0 bridgehead atoms. The second-order valence-electron chi connectivity index (χ2n) is 5.84. The number of phenols is 1. The van der Waals surface area contributed by atoms with Crippen molar-refractivity contribution in [2.75, 3.05) is 7.11 Å². The average Bonchev–Trinajstić information content (AvgIpc) is 2.88. The summed E-state index contributed by atoms with van der Waals surface area (Å²) in [5.74, 6) is -0.0588. The first-order valence-electron chi connectivity index (χ1n) is 7.59. The van der Waals surface area contributed by atoms with Crippen LogP contribution in [0, 0.1) is 6.92 Å². The van der Waals surface area contributed by atoms with Crippen molar-refractivity contribution in [2.24, 2.45) is 7.05 Å². The Morgan fingerprint density at radius 1 is 1.19 bits per heavy atom. The maximum Gasteiger partial charge on any atom is 0.416 e. The van der Waals surface area contributed by atoms with Crippen LogP contribution in [-0.2, 0) is 19.8 Å². The van der Waals surface area contributed by atoms with E-state index < -0.39 is 17.5 Å². The van der Waals surface area contributed by atoms with Gasteiger partial charge in [-0.1, -0.05) is 0 Å². The molecule has 2 heterocycles. The lowest BCUT2D eigenvalue weighted by Gasteiger charge is -2.13. The van der Waals surface area contributed by atoms with Crippen molar-refractivity contribution in [3.8, 4) is 23.0 Å². The van der Waals surface area contributed by atoms with Gasteiger partial charge in [0.1, 0.15) is 11.6 Å². The number of aryl methyl sites for hydroxylation is 2. The number of alkyl halides is 3. The first-order valence-corrected chi connectivity index (χ1v) is 7.59. The normalized spacial score (nSPS) is 12.0. The fourth-order valence-electron chi connectivity index (χ4n) is 2.87. The molecule has 0 saturated heterocycles. The number of rotatable bonds is 3. The Morgan fingerprint density at radius 2 is 1.88 bits per heavy atom. The summed E-state index contributed by atoms with van der Waals surface area (Å²) in [6, 6.07) is 3.27. The first-order chi connectivity index (χ1) is 12.2. The first kappa shape index (κ1) is 18.0. The number of aromatic hydroxyl groups is 1. The van der Waals surface area contributed by atoms with Gasteiger partial charge in [-0.15, -0.1) is 0 Å². The number of aliphatic hydroxyl groups is 1. The summed E-state index contributed by atoms with van der Waals surface area (Å²) in [5.41, 5.74) is 0.757. The van der Waals surface area contributed by atoms with Gasteiger partial charge in [-0.25, -0.2) is 4.98 Å². The number of imidazole rings is 1. The number of hydrogen-bond donors (Lipinski definition) is 2. The Bertz CT molecular complexity index is 973. The van der Waals surface area contributed by atoms with Gasteiger partial charge in [-0.05, 0) is 30.7 Å². The van der Waals surface area contributed by atoms with Crippen LogP contribution in [0.25, 0.3) is 22.6 Å². The van der Waals surface area contributed by atoms with Gasteiger partial charge in [0, 0.05) is 12.6 Å². The summed E-state index contributed by atoms with van der Waals surface area (Å²) in [5, 5.41) is 19.6. The van der Waals surface area contributed by atoms with E-state index in [9.17, 15) is 23.4 Å². The Hall–Kier alpha value is -2.81. The van der Waals surface area contributed by atoms with Gasteiger partial charge in [-0.3, -0.25) is 0 Å². The SMILES string of the molecule is COc1nc2nc(-c3c(C)cc(C(F)(F)F)cc3O)n(C)c2cc1CO. The lowest BCUT2D eigenvalue weighted by atomic mass is 10.0. The van der Waals surface area contributed by atoms with Gasteiger partial charge in [0.25, 0.3) is 0 Å². The van der Waals surface area contributed by atoms with E-state index in [1.807, 2.05) is 0 Å². The molecular formula is C17H16F3N3O3. The number of aliphatic hydroxyl groups excluding tert-OH is 1. The molecule has 1 aromatic carbocycles. The molecule has 3 aromatic rings. The monoisotopic (exact) mass is 367 g/mol. The molecule has 0 atom stereocenters. The van der Waals surface area contributed by atoms with Crippen molar-refractivity contribution in [1.29, 1.82) is 0 Å². The molecule has 6 nitrogen and oxygen atoms in total. The zero-order valence-electron chi connectivity index (χ0n) is 14.2. The molecule has 0 saturated carbocycles. The number of pyridine rings is 1. The smallest absolute Gasteiger partial charge is 0.416 e. The highest BCUT2D eigenvalue weighted by atomic mass is 19.4. The maximum atomic E-state index is 12.9. The van der Waals surface area contributed by atoms with Crippen LogP contribution in [0.1, 0.15) is 16.7 Å². The Labute approximate surface area is 146 Å². The Balaban J connectivity index is 2.25. The zero-order valence-corrected chi connectivity index (χ0v) is 14.2. The number of benzene rings is 1. The van der Waals surface area contributed by atoms with Crippen molar-refractivity contribution in [2.45, 2.75) is 19.7 Å². The Morgan fingerprint density at radius 3 is 2.42 bits per heavy atom. The molecule has 0 spiro atoms. The maximum absolute atomic E-state index is 12.9. The molecule has 0 aliphatic carbocycles. The second kappa shape index (κ2) is 6.17. The van der Waals surface area contributed by atoms with E-state index in [1.54, 1.807) is 17.7 Å². The minimum absolute atomic E-state index is 0.183. The molecule has 2 aromatic heterocycles. The molecule has 0 amide bonds. The largest absolute Gasteiger partial charge is 0.507 e. The number of methoxy groups -OCH3 is 1. The van der Waals surface area contributed by atoms with Crippen LogP contribution in [0.15, 0.2) is 18.2 Å². The molecule has 0 fully saturated rings. The minimum Gasteiger partial charge on any atom is -0.507 e. The summed E-state index contributed by atoms with van der Waals surface area (Å²) in [6.07, 6.45) is -4.56. The zero-order chi connectivity index (χ0) is 19.2. The van der Waals surface area contributed by atoms with Gasteiger partial charge < -0.3 is 19.5 Å². The topological polar surface area (TPSA) is 80.4 Å². The van der Waals surface area contributed by atoms with Crippen LogP contribution in [0.3, 0.4) is 0 Å². The average molecular weight is 367 g/mol. The summed E-state index contributed by atoms with van der Waals surface area (Å²) >= 11 is 0. The van der Waals surface area contributed by atoms with Crippen LogP contribution in [0.4, 0.5) is 13.2 Å². The van der Waals surface area contributed by atoms with Crippen molar-refractivity contribution >= 4 is 11.2 Å². The van der Waals surface area contributed by atoms with Crippen molar-refractivity contribution < 1.29 is 28.1 Å². The van der Waals surface area contributed by atoms with E-state index >= 15 is 0 Å². The number of fused-ring (bicyclic) bond motifs is 1. The number of nitrogens with zero attached hydrogens (tertiary/aromatic N) is 3. The van der Waals surface area contributed by atoms with Crippen molar-refractivity contribution in [3.63, 3.8) is 0 Å². The van der Waals surface area contributed by atoms with Crippen LogP contribution in [0.2, 0.25) is 0 Å². The van der Waals surface area contributed by atoms with E-state index in [2.05, 4.69) is 9.97 Å². The molecule has 2 N–H and O–H groups in total. The summed E-state index contributed by atoms with van der Waals surface area (Å²) in [6.45, 7) is 1.17. The van der Waals surface area contributed by atoms with Gasteiger partial charge in [0.2, 0.25) is 5.88 Å². The third kappa shape index (κ3) is 2.84. The van der Waals surface area contributed by atoms with E-state index in [4.69, 9.17) is 4.74 Å². The van der Waals surface area contributed by atoms with Gasteiger partial charge in [0.15, 0.2) is 5.65 Å². The van der Waals surface area contributed by atoms with E-state index in [1.165, 1.54) is 14.0 Å². The summed E-state index contributed by atoms with van der Waals surface area (Å²) < 4.78 is 45.4. The highest BCUT2D eigenvalue weighted by molar-refractivity contribution is 5.81. The van der Waals surface area contributed by atoms with E-state index in [0.717, 1.165) is 6.07 Å². The second-order valence-corrected chi connectivity index (χ2v) is 5.84. The highest BCUT2D eigenvalue weighted by Crippen LogP contribution is 2.39.